The molecule has 98 valence electrons. The summed E-state index contributed by atoms with van der Waals surface area (Å²) in [4.78, 5) is 22.4. The van der Waals surface area contributed by atoms with Crippen LogP contribution >= 0.6 is 27.5 Å². The Balaban J connectivity index is 2.53. The molecule has 0 fully saturated rings. The second-order valence-electron chi connectivity index (χ2n) is 3.94. The number of carbonyl (C=O) groups excluding carboxylic acids is 1. The van der Waals surface area contributed by atoms with Crippen molar-refractivity contribution in [3.8, 4) is 0 Å². The van der Waals surface area contributed by atoms with Crippen molar-refractivity contribution >= 4 is 39.4 Å². The van der Waals surface area contributed by atoms with Gasteiger partial charge in [-0.05, 0) is 24.6 Å². The molecule has 1 unspecified atom stereocenters. The monoisotopic (exact) mass is 333 g/mol. The number of halogens is 2. The van der Waals surface area contributed by atoms with Crippen LogP contribution in [-0.2, 0) is 4.79 Å². The highest BCUT2D eigenvalue weighted by Gasteiger charge is 2.12. The number of carbonyl (C=O) groups is 2. The Bertz CT molecular complexity index is 444. The fraction of sp³-hybridized carbons (Fsp3) is 0.333. The minimum atomic E-state index is -0.866. The van der Waals surface area contributed by atoms with Crippen LogP contribution in [0.1, 0.15) is 23.7 Å². The van der Waals surface area contributed by atoms with Gasteiger partial charge in [-0.25, -0.2) is 0 Å². The number of benzene rings is 1. The lowest BCUT2D eigenvalue weighted by Crippen LogP contribution is -2.27. The topological polar surface area (TPSA) is 66.4 Å². The molecule has 0 bridgehead atoms. The van der Waals surface area contributed by atoms with Gasteiger partial charge >= 0.3 is 5.97 Å². The summed E-state index contributed by atoms with van der Waals surface area (Å²) in [7, 11) is 0. The third-order valence-electron chi connectivity index (χ3n) is 2.41. The van der Waals surface area contributed by atoms with Crippen LogP contribution in [0.2, 0.25) is 5.02 Å². The van der Waals surface area contributed by atoms with Crippen molar-refractivity contribution in [2.45, 2.75) is 13.3 Å². The maximum Gasteiger partial charge on any atom is 0.306 e. The predicted octanol–water partition coefficient (Wildman–Crippen LogP) is 2.94. The van der Waals surface area contributed by atoms with Crippen LogP contribution in [-0.4, -0.2) is 23.5 Å². The summed E-state index contributed by atoms with van der Waals surface area (Å²) in [6.45, 7) is 1.92. The Morgan fingerprint density at radius 1 is 1.44 bits per heavy atom. The van der Waals surface area contributed by atoms with Crippen LogP contribution in [0.5, 0.6) is 0 Å². The molecule has 0 aromatic heterocycles. The normalized spacial score (nSPS) is 11.9. The van der Waals surface area contributed by atoms with Crippen molar-refractivity contribution in [2.75, 3.05) is 6.54 Å². The SMILES string of the molecule is CC(CCNC(=O)c1cc(Cl)cc(Br)c1)C(=O)O. The number of hydrogen-bond acceptors (Lipinski definition) is 2. The number of hydrogen-bond donors (Lipinski definition) is 2. The minimum absolute atomic E-state index is 0.268. The standard InChI is InChI=1S/C12H13BrClNO3/c1-7(12(17)18)2-3-15-11(16)8-4-9(13)6-10(14)5-8/h4-7H,2-3H2,1H3,(H,15,16)(H,17,18). The highest BCUT2D eigenvalue weighted by Crippen LogP contribution is 2.19. The number of carboxylic acid groups (broad SMARTS) is 1. The number of aliphatic carboxylic acids is 1. The first kappa shape index (κ1) is 15.0. The first-order valence-corrected chi connectivity index (χ1v) is 6.54. The molecule has 0 saturated heterocycles. The molecular formula is C12H13BrClNO3. The summed E-state index contributed by atoms with van der Waals surface area (Å²) < 4.78 is 0.721. The molecule has 0 saturated carbocycles. The van der Waals surface area contributed by atoms with Gasteiger partial charge in [0.25, 0.3) is 5.91 Å². The van der Waals surface area contributed by atoms with Gasteiger partial charge in [0.05, 0.1) is 5.92 Å². The molecule has 0 aliphatic heterocycles. The fourth-order valence-corrected chi connectivity index (χ4v) is 2.17. The number of carboxylic acids is 1. The van der Waals surface area contributed by atoms with E-state index < -0.39 is 11.9 Å². The molecule has 6 heteroatoms. The zero-order valence-corrected chi connectivity index (χ0v) is 12.1. The summed E-state index contributed by atoms with van der Waals surface area (Å²) in [6.07, 6.45) is 0.392. The van der Waals surface area contributed by atoms with E-state index in [-0.39, 0.29) is 5.91 Å². The maximum atomic E-state index is 11.8. The molecule has 1 amide bonds. The average molecular weight is 335 g/mol. The van der Waals surface area contributed by atoms with E-state index in [1.54, 1.807) is 25.1 Å². The molecular weight excluding hydrogens is 321 g/mol. The predicted molar refractivity (Wildman–Crippen MR) is 72.9 cm³/mol. The van der Waals surface area contributed by atoms with Crippen LogP contribution < -0.4 is 5.32 Å². The summed E-state index contributed by atoms with van der Waals surface area (Å²) in [5.74, 6) is -1.61. The van der Waals surface area contributed by atoms with Crippen molar-refractivity contribution in [1.29, 1.82) is 0 Å². The van der Waals surface area contributed by atoms with Gasteiger partial charge in [-0.3, -0.25) is 9.59 Å². The molecule has 0 aliphatic rings. The molecule has 4 nitrogen and oxygen atoms in total. The lowest BCUT2D eigenvalue weighted by Gasteiger charge is -2.08. The molecule has 1 aromatic rings. The van der Waals surface area contributed by atoms with Gasteiger partial charge in [0.1, 0.15) is 0 Å². The van der Waals surface area contributed by atoms with E-state index in [0.717, 1.165) is 4.47 Å². The molecule has 1 rings (SSSR count). The Hall–Kier alpha value is -1.07. The van der Waals surface area contributed by atoms with Crippen molar-refractivity contribution in [2.24, 2.45) is 5.92 Å². The van der Waals surface area contributed by atoms with Gasteiger partial charge < -0.3 is 10.4 Å². The van der Waals surface area contributed by atoms with Gasteiger partial charge in [-0.1, -0.05) is 34.5 Å². The second-order valence-corrected chi connectivity index (χ2v) is 5.29. The van der Waals surface area contributed by atoms with Crippen molar-refractivity contribution in [3.05, 3.63) is 33.3 Å². The van der Waals surface area contributed by atoms with Crippen LogP contribution in [0, 0.1) is 5.92 Å². The highest BCUT2D eigenvalue weighted by atomic mass is 79.9. The van der Waals surface area contributed by atoms with Gasteiger partial charge in [0, 0.05) is 21.6 Å². The van der Waals surface area contributed by atoms with E-state index in [9.17, 15) is 9.59 Å². The maximum absolute atomic E-state index is 11.8. The van der Waals surface area contributed by atoms with Crippen LogP contribution in [0.25, 0.3) is 0 Å². The molecule has 18 heavy (non-hydrogen) atoms. The van der Waals surface area contributed by atoms with E-state index >= 15 is 0 Å². The third-order valence-corrected chi connectivity index (χ3v) is 3.09. The van der Waals surface area contributed by atoms with E-state index in [1.807, 2.05) is 0 Å². The third kappa shape index (κ3) is 4.66. The zero-order valence-electron chi connectivity index (χ0n) is 9.74. The highest BCUT2D eigenvalue weighted by molar-refractivity contribution is 9.10. The lowest BCUT2D eigenvalue weighted by atomic mass is 10.1. The quantitative estimate of drug-likeness (QED) is 0.870. The Labute approximate surface area is 118 Å². The molecule has 0 spiro atoms. The first-order valence-electron chi connectivity index (χ1n) is 5.37. The molecule has 0 heterocycles. The molecule has 0 radical (unpaired) electrons. The van der Waals surface area contributed by atoms with Crippen LogP contribution in [0.4, 0.5) is 0 Å². The first-order chi connectivity index (χ1) is 8.40. The van der Waals surface area contributed by atoms with Gasteiger partial charge in [0.15, 0.2) is 0 Å². The van der Waals surface area contributed by atoms with Gasteiger partial charge in [-0.2, -0.15) is 0 Å². The Morgan fingerprint density at radius 3 is 2.67 bits per heavy atom. The number of nitrogens with one attached hydrogen (secondary N) is 1. The van der Waals surface area contributed by atoms with E-state index in [4.69, 9.17) is 16.7 Å². The molecule has 2 N–H and O–H groups in total. The summed E-state index contributed by atoms with van der Waals surface area (Å²) in [5, 5.41) is 11.8. The molecule has 0 aliphatic carbocycles. The van der Waals surface area contributed by atoms with E-state index in [0.29, 0.717) is 23.6 Å². The van der Waals surface area contributed by atoms with Crippen molar-refractivity contribution in [1.82, 2.24) is 5.32 Å². The minimum Gasteiger partial charge on any atom is -0.481 e. The number of amides is 1. The summed E-state index contributed by atoms with van der Waals surface area (Å²) >= 11 is 9.08. The fourth-order valence-electron chi connectivity index (χ4n) is 1.31. The summed E-state index contributed by atoms with van der Waals surface area (Å²) in [6, 6.07) is 4.90. The zero-order chi connectivity index (χ0) is 13.7. The smallest absolute Gasteiger partial charge is 0.306 e. The second kappa shape index (κ2) is 6.75. The molecule has 1 atom stereocenters. The Morgan fingerprint density at radius 2 is 2.11 bits per heavy atom. The Kier molecular flexibility index (Phi) is 5.62. The largest absolute Gasteiger partial charge is 0.481 e. The van der Waals surface area contributed by atoms with Crippen LogP contribution in [0.3, 0.4) is 0 Å². The van der Waals surface area contributed by atoms with Gasteiger partial charge in [0.2, 0.25) is 0 Å². The number of rotatable bonds is 5. The van der Waals surface area contributed by atoms with Crippen molar-refractivity contribution in [3.63, 3.8) is 0 Å². The van der Waals surface area contributed by atoms with Crippen LogP contribution in [0.15, 0.2) is 22.7 Å². The van der Waals surface area contributed by atoms with E-state index in [1.165, 1.54) is 0 Å². The lowest BCUT2D eigenvalue weighted by molar-refractivity contribution is -0.141. The molecule has 1 aromatic carbocycles. The van der Waals surface area contributed by atoms with Crippen molar-refractivity contribution < 1.29 is 14.7 Å². The summed E-state index contributed by atoms with van der Waals surface area (Å²) in [5.41, 5.74) is 0.442. The average Bonchev–Trinajstić information content (AvgIpc) is 2.27. The van der Waals surface area contributed by atoms with Gasteiger partial charge in [-0.15, -0.1) is 0 Å². The van der Waals surface area contributed by atoms with E-state index in [2.05, 4.69) is 21.2 Å².